The van der Waals surface area contributed by atoms with Crippen molar-refractivity contribution in [1.82, 2.24) is 10.2 Å². The third-order valence-electron chi connectivity index (χ3n) is 6.44. The quantitative estimate of drug-likeness (QED) is 0.309. The fourth-order valence-electron chi connectivity index (χ4n) is 4.07. The number of carbonyl (C=O) groups excluding carboxylic acids is 2. The van der Waals surface area contributed by atoms with Crippen molar-refractivity contribution in [2.45, 2.75) is 52.2 Å². The van der Waals surface area contributed by atoms with Crippen molar-refractivity contribution in [3.63, 3.8) is 0 Å². The Bertz CT molecular complexity index is 1370. The minimum absolute atomic E-state index is 0.00695. The maximum absolute atomic E-state index is 13.8. The minimum atomic E-state index is -3.88. The van der Waals surface area contributed by atoms with Crippen LogP contribution in [0.4, 0.5) is 10.1 Å². The number of ether oxygens (including phenoxy) is 1. The number of sulfonamides is 1. The molecule has 0 aliphatic heterocycles. The number of hydrogen-bond acceptors (Lipinski definition) is 5. The van der Waals surface area contributed by atoms with Crippen LogP contribution in [0, 0.1) is 5.82 Å². The van der Waals surface area contributed by atoms with E-state index in [4.69, 9.17) is 4.74 Å². The number of hydrogen-bond donors (Lipinski definition) is 1. The summed E-state index contributed by atoms with van der Waals surface area (Å²) in [5.74, 6) is -0.194. The summed E-state index contributed by atoms with van der Waals surface area (Å²) in [5.41, 5.74) is 0.882. The Hall–Kier alpha value is -3.92. The summed E-state index contributed by atoms with van der Waals surface area (Å²) >= 11 is 0. The molecular weight excluding hydrogens is 533 g/mol. The van der Waals surface area contributed by atoms with Crippen molar-refractivity contribution in [1.29, 1.82) is 0 Å². The topological polar surface area (TPSA) is 96.0 Å². The van der Waals surface area contributed by atoms with Crippen LogP contribution in [-0.4, -0.2) is 50.0 Å². The minimum Gasteiger partial charge on any atom is -0.457 e. The van der Waals surface area contributed by atoms with Crippen molar-refractivity contribution < 1.29 is 27.1 Å². The third-order valence-corrected chi connectivity index (χ3v) is 7.58. The van der Waals surface area contributed by atoms with E-state index in [1.165, 1.54) is 29.2 Å². The summed E-state index contributed by atoms with van der Waals surface area (Å²) in [4.78, 5) is 28.3. The molecule has 0 unspecified atom stereocenters. The number of halogens is 1. The molecule has 0 aliphatic carbocycles. The lowest BCUT2D eigenvalue weighted by molar-refractivity contribution is -0.140. The second-order valence-corrected chi connectivity index (χ2v) is 11.5. The summed E-state index contributed by atoms with van der Waals surface area (Å²) < 4.78 is 46.0. The van der Waals surface area contributed by atoms with E-state index in [0.29, 0.717) is 29.9 Å². The summed E-state index contributed by atoms with van der Waals surface area (Å²) in [6.07, 6.45) is 2.03. The molecule has 3 rings (SSSR count). The van der Waals surface area contributed by atoms with Crippen LogP contribution in [0.3, 0.4) is 0 Å². The van der Waals surface area contributed by atoms with Crippen molar-refractivity contribution in [3.05, 3.63) is 90.2 Å². The lowest BCUT2D eigenvalue weighted by Gasteiger charge is -2.33. The Balaban J connectivity index is 1.89. The zero-order valence-corrected chi connectivity index (χ0v) is 24.0. The predicted molar refractivity (Wildman–Crippen MR) is 154 cm³/mol. The van der Waals surface area contributed by atoms with E-state index in [-0.39, 0.29) is 24.2 Å². The molecular formula is C30H36FN3O5S. The van der Waals surface area contributed by atoms with Gasteiger partial charge < -0.3 is 15.0 Å². The first-order chi connectivity index (χ1) is 19.0. The number of rotatable bonds is 13. The van der Waals surface area contributed by atoms with Crippen LogP contribution in [0.2, 0.25) is 0 Å². The van der Waals surface area contributed by atoms with Crippen LogP contribution in [0.25, 0.3) is 0 Å². The summed E-state index contributed by atoms with van der Waals surface area (Å²) in [6, 6.07) is 20.2. The largest absolute Gasteiger partial charge is 0.457 e. The molecule has 2 atom stereocenters. The molecule has 1 N–H and O–H groups in total. The van der Waals surface area contributed by atoms with Crippen molar-refractivity contribution in [2.24, 2.45) is 0 Å². The molecule has 3 aromatic rings. The van der Waals surface area contributed by atoms with E-state index >= 15 is 0 Å². The molecule has 0 heterocycles. The highest BCUT2D eigenvalue weighted by atomic mass is 32.2. The Labute approximate surface area is 235 Å². The molecule has 214 valence electrons. The van der Waals surface area contributed by atoms with E-state index < -0.39 is 34.3 Å². The first kappa shape index (κ1) is 30.6. The van der Waals surface area contributed by atoms with Gasteiger partial charge in [0.25, 0.3) is 0 Å². The van der Waals surface area contributed by atoms with Crippen molar-refractivity contribution in [2.75, 3.05) is 17.1 Å². The SMILES string of the molecule is CC[C@@H](C)NC(=O)[C@H](CC)N(Cc1ccc(F)cc1)C(=O)CN(c1ccc(Oc2ccccc2)cc1)S(C)(=O)=O. The van der Waals surface area contributed by atoms with Gasteiger partial charge in [0.15, 0.2) is 0 Å². The molecule has 0 bridgehead atoms. The first-order valence-corrected chi connectivity index (χ1v) is 15.0. The average molecular weight is 570 g/mol. The summed E-state index contributed by atoms with van der Waals surface area (Å²) in [7, 11) is -3.88. The van der Waals surface area contributed by atoms with Gasteiger partial charge in [-0.25, -0.2) is 12.8 Å². The highest BCUT2D eigenvalue weighted by molar-refractivity contribution is 7.92. The Morgan fingerprint density at radius 2 is 1.50 bits per heavy atom. The predicted octanol–water partition coefficient (Wildman–Crippen LogP) is 5.11. The second kappa shape index (κ2) is 13.9. The van der Waals surface area contributed by atoms with Gasteiger partial charge >= 0.3 is 0 Å². The molecule has 0 fully saturated rings. The molecule has 0 saturated heterocycles. The fraction of sp³-hybridized carbons (Fsp3) is 0.333. The van der Waals surface area contributed by atoms with Crippen molar-refractivity contribution >= 4 is 27.5 Å². The number of nitrogens with one attached hydrogen (secondary N) is 1. The maximum Gasteiger partial charge on any atom is 0.244 e. The number of amides is 2. The molecule has 3 aromatic carbocycles. The summed E-state index contributed by atoms with van der Waals surface area (Å²) in [6.45, 7) is 5.07. The van der Waals surface area contributed by atoms with E-state index in [0.717, 1.165) is 10.6 Å². The van der Waals surface area contributed by atoms with Gasteiger partial charge in [0.1, 0.15) is 29.9 Å². The second-order valence-electron chi connectivity index (χ2n) is 9.57. The highest BCUT2D eigenvalue weighted by Gasteiger charge is 2.32. The smallest absolute Gasteiger partial charge is 0.244 e. The standard InChI is InChI=1S/C30H36FN3O5S/c1-5-22(3)32-30(36)28(6-2)33(20-23-12-14-24(31)15-13-23)29(35)21-34(40(4,37)38)25-16-18-27(19-17-25)39-26-10-8-7-9-11-26/h7-19,22,28H,5-6,20-21H2,1-4H3,(H,32,36)/t22-,28+/m1/s1. The van der Waals surface area contributed by atoms with Crippen molar-refractivity contribution in [3.8, 4) is 11.5 Å². The number of para-hydroxylation sites is 1. The lowest BCUT2D eigenvalue weighted by Crippen LogP contribution is -2.53. The van der Waals surface area contributed by atoms with Crippen LogP contribution in [0.1, 0.15) is 39.2 Å². The Morgan fingerprint density at radius 3 is 2.05 bits per heavy atom. The zero-order valence-electron chi connectivity index (χ0n) is 23.2. The zero-order chi connectivity index (χ0) is 29.3. The van der Waals surface area contributed by atoms with Gasteiger partial charge in [-0.2, -0.15) is 0 Å². The molecule has 8 nitrogen and oxygen atoms in total. The first-order valence-electron chi connectivity index (χ1n) is 13.2. The Kier molecular flexibility index (Phi) is 10.7. The van der Waals surface area contributed by atoms with Crippen LogP contribution in [-0.2, 0) is 26.2 Å². The van der Waals surface area contributed by atoms with Gasteiger partial charge in [-0.15, -0.1) is 0 Å². The van der Waals surface area contributed by atoms with E-state index in [1.807, 2.05) is 32.0 Å². The number of carbonyl (C=O) groups is 2. The number of benzene rings is 3. The molecule has 0 aliphatic rings. The van der Waals surface area contributed by atoms with Gasteiger partial charge in [0.2, 0.25) is 21.8 Å². The monoisotopic (exact) mass is 569 g/mol. The average Bonchev–Trinajstić information content (AvgIpc) is 2.93. The third kappa shape index (κ3) is 8.54. The molecule has 0 aromatic heterocycles. The van der Waals surface area contributed by atoms with E-state index in [2.05, 4.69) is 5.32 Å². The van der Waals surface area contributed by atoms with Gasteiger partial charge in [0, 0.05) is 12.6 Å². The molecule has 0 spiro atoms. The molecule has 10 heteroatoms. The van der Waals surface area contributed by atoms with Crippen LogP contribution in [0.15, 0.2) is 78.9 Å². The van der Waals surface area contributed by atoms with Gasteiger partial charge in [-0.05, 0) is 73.9 Å². The fourth-order valence-corrected chi connectivity index (χ4v) is 4.92. The molecule has 2 amide bonds. The number of anilines is 1. The lowest BCUT2D eigenvalue weighted by atomic mass is 10.1. The molecule has 40 heavy (non-hydrogen) atoms. The number of nitrogens with zero attached hydrogens (tertiary/aromatic N) is 2. The Morgan fingerprint density at radius 1 is 0.900 bits per heavy atom. The van der Waals surface area contributed by atoms with Crippen LogP contribution in [0.5, 0.6) is 11.5 Å². The molecule has 0 saturated carbocycles. The van der Waals surface area contributed by atoms with Gasteiger partial charge in [-0.3, -0.25) is 13.9 Å². The van der Waals surface area contributed by atoms with Crippen LogP contribution < -0.4 is 14.4 Å². The van der Waals surface area contributed by atoms with Crippen LogP contribution >= 0.6 is 0 Å². The molecule has 0 radical (unpaired) electrons. The highest BCUT2D eigenvalue weighted by Crippen LogP contribution is 2.26. The van der Waals surface area contributed by atoms with Gasteiger partial charge in [-0.1, -0.05) is 44.2 Å². The summed E-state index contributed by atoms with van der Waals surface area (Å²) in [5, 5.41) is 2.91. The van der Waals surface area contributed by atoms with E-state index in [1.54, 1.807) is 43.3 Å². The van der Waals surface area contributed by atoms with Gasteiger partial charge in [0.05, 0.1) is 11.9 Å². The van der Waals surface area contributed by atoms with E-state index in [9.17, 15) is 22.4 Å². The maximum atomic E-state index is 13.8. The normalized spacial score (nSPS) is 12.7.